The normalized spacial score (nSPS) is 10.4. The molecule has 3 N–H and O–H groups in total. The van der Waals surface area contributed by atoms with E-state index < -0.39 is 0 Å². The molecule has 2 aromatic carbocycles. The second-order valence-corrected chi connectivity index (χ2v) is 3.57. The second-order valence-electron chi connectivity index (χ2n) is 3.57. The molecule has 16 heavy (non-hydrogen) atoms. The van der Waals surface area contributed by atoms with Gasteiger partial charge in [-0.3, -0.25) is 0 Å². The monoisotopic (exact) mass is 217 g/mol. The van der Waals surface area contributed by atoms with Crippen molar-refractivity contribution in [1.29, 1.82) is 0 Å². The van der Waals surface area contributed by atoms with Crippen LogP contribution in [-0.2, 0) is 6.54 Å². The van der Waals surface area contributed by atoms with Crippen molar-refractivity contribution in [2.75, 3.05) is 0 Å². The third-order valence-electron chi connectivity index (χ3n) is 2.43. The molecular weight excluding hydrogens is 205 g/mol. The molecule has 82 valence electrons. The first-order valence-electron chi connectivity index (χ1n) is 4.98. The molecule has 0 fully saturated rings. The minimum absolute atomic E-state index is 0.128. The maximum absolute atomic E-state index is 13.1. The summed E-state index contributed by atoms with van der Waals surface area (Å²) in [6.45, 7) is 0.391. The lowest BCUT2D eigenvalue weighted by Crippen LogP contribution is -1.96. The fourth-order valence-corrected chi connectivity index (χ4v) is 1.60. The van der Waals surface area contributed by atoms with Crippen LogP contribution in [0.2, 0.25) is 0 Å². The minimum atomic E-state index is -0.324. The number of phenols is 1. The van der Waals surface area contributed by atoms with Gasteiger partial charge in [0, 0.05) is 12.1 Å². The molecule has 2 aromatic rings. The number of aromatic hydroxyl groups is 1. The quantitative estimate of drug-likeness (QED) is 0.812. The van der Waals surface area contributed by atoms with Crippen LogP contribution in [0.15, 0.2) is 42.5 Å². The number of phenolic OH excluding ortho intramolecular Hbond substituents is 1. The molecule has 3 heteroatoms. The molecule has 0 bridgehead atoms. The van der Waals surface area contributed by atoms with Crippen LogP contribution in [0.25, 0.3) is 11.1 Å². The summed E-state index contributed by atoms with van der Waals surface area (Å²) in [4.78, 5) is 0. The van der Waals surface area contributed by atoms with Gasteiger partial charge in [0.1, 0.15) is 11.6 Å². The Morgan fingerprint density at radius 1 is 1.12 bits per heavy atom. The van der Waals surface area contributed by atoms with E-state index in [4.69, 9.17) is 5.73 Å². The second kappa shape index (κ2) is 4.33. The Balaban J connectivity index is 2.54. The number of halogens is 1. The van der Waals surface area contributed by atoms with Crippen molar-refractivity contribution in [2.24, 2.45) is 5.73 Å². The summed E-state index contributed by atoms with van der Waals surface area (Å²) in [7, 11) is 0. The van der Waals surface area contributed by atoms with Gasteiger partial charge in [0.15, 0.2) is 0 Å². The molecule has 0 radical (unpaired) electrons. The zero-order valence-corrected chi connectivity index (χ0v) is 8.65. The van der Waals surface area contributed by atoms with Crippen LogP contribution < -0.4 is 5.73 Å². The SMILES string of the molecule is NCc1ccc(O)c(-c2cccc(F)c2)c1. The summed E-state index contributed by atoms with van der Waals surface area (Å²) in [6.07, 6.45) is 0. The highest BCUT2D eigenvalue weighted by Crippen LogP contribution is 2.30. The van der Waals surface area contributed by atoms with E-state index >= 15 is 0 Å². The maximum atomic E-state index is 13.1. The number of hydrogen-bond acceptors (Lipinski definition) is 2. The van der Waals surface area contributed by atoms with Gasteiger partial charge >= 0.3 is 0 Å². The highest BCUT2D eigenvalue weighted by atomic mass is 19.1. The number of hydrogen-bond donors (Lipinski definition) is 2. The number of nitrogens with two attached hydrogens (primary N) is 1. The van der Waals surface area contributed by atoms with E-state index in [0.717, 1.165) is 5.56 Å². The van der Waals surface area contributed by atoms with Crippen LogP contribution in [-0.4, -0.2) is 5.11 Å². The molecular formula is C13H12FNO. The molecule has 0 aliphatic rings. The van der Waals surface area contributed by atoms with Crippen LogP contribution in [0.1, 0.15) is 5.56 Å². The first-order chi connectivity index (χ1) is 7.70. The summed E-state index contributed by atoms with van der Waals surface area (Å²) >= 11 is 0. The molecule has 0 heterocycles. The average Bonchev–Trinajstić information content (AvgIpc) is 2.30. The summed E-state index contributed by atoms with van der Waals surface area (Å²) in [5.41, 5.74) is 7.67. The van der Waals surface area contributed by atoms with Crippen molar-refractivity contribution in [3.63, 3.8) is 0 Å². The molecule has 0 amide bonds. The van der Waals surface area contributed by atoms with Crippen molar-refractivity contribution < 1.29 is 9.50 Å². The Hall–Kier alpha value is -1.87. The molecule has 0 aromatic heterocycles. The fourth-order valence-electron chi connectivity index (χ4n) is 1.60. The lowest BCUT2D eigenvalue weighted by atomic mass is 10.0. The molecule has 0 atom stereocenters. The van der Waals surface area contributed by atoms with Gasteiger partial charge in [-0.15, -0.1) is 0 Å². The Labute approximate surface area is 93.2 Å². The predicted molar refractivity (Wildman–Crippen MR) is 61.4 cm³/mol. The van der Waals surface area contributed by atoms with Crippen LogP contribution in [0.5, 0.6) is 5.75 Å². The van der Waals surface area contributed by atoms with Gasteiger partial charge in [0.05, 0.1) is 0 Å². The Kier molecular flexibility index (Phi) is 2.88. The van der Waals surface area contributed by atoms with Crippen molar-refractivity contribution in [3.05, 3.63) is 53.8 Å². The highest BCUT2D eigenvalue weighted by molar-refractivity contribution is 5.70. The molecule has 0 saturated heterocycles. The van der Waals surface area contributed by atoms with Crippen LogP contribution >= 0.6 is 0 Å². The van der Waals surface area contributed by atoms with Crippen molar-refractivity contribution in [3.8, 4) is 16.9 Å². The molecule has 0 aliphatic carbocycles. The third kappa shape index (κ3) is 2.04. The first-order valence-corrected chi connectivity index (χ1v) is 4.98. The molecule has 0 spiro atoms. The smallest absolute Gasteiger partial charge is 0.123 e. The topological polar surface area (TPSA) is 46.2 Å². The largest absolute Gasteiger partial charge is 0.507 e. The van der Waals surface area contributed by atoms with Crippen LogP contribution in [0, 0.1) is 5.82 Å². The van der Waals surface area contributed by atoms with Gasteiger partial charge in [-0.05, 0) is 35.4 Å². The number of benzene rings is 2. The molecule has 0 aliphatic heterocycles. The Morgan fingerprint density at radius 2 is 1.94 bits per heavy atom. The number of rotatable bonds is 2. The Morgan fingerprint density at radius 3 is 2.62 bits per heavy atom. The van der Waals surface area contributed by atoms with Crippen LogP contribution in [0.4, 0.5) is 4.39 Å². The van der Waals surface area contributed by atoms with Gasteiger partial charge < -0.3 is 10.8 Å². The predicted octanol–water partition coefficient (Wildman–Crippen LogP) is 2.66. The van der Waals surface area contributed by atoms with E-state index in [9.17, 15) is 9.50 Å². The van der Waals surface area contributed by atoms with Gasteiger partial charge in [-0.25, -0.2) is 4.39 Å². The van der Waals surface area contributed by atoms with E-state index in [2.05, 4.69) is 0 Å². The summed E-state index contributed by atoms with van der Waals surface area (Å²) in [5, 5.41) is 9.71. The zero-order chi connectivity index (χ0) is 11.5. The Bertz CT molecular complexity index is 511. The lowest BCUT2D eigenvalue weighted by molar-refractivity contribution is 0.477. The van der Waals surface area contributed by atoms with E-state index in [1.165, 1.54) is 12.1 Å². The van der Waals surface area contributed by atoms with Gasteiger partial charge in [0.2, 0.25) is 0 Å². The van der Waals surface area contributed by atoms with Gasteiger partial charge in [0.25, 0.3) is 0 Å². The standard InChI is InChI=1S/C13H12FNO/c14-11-3-1-2-10(7-11)12-6-9(8-15)4-5-13(12)16/h1-7,16H,8,15H2. The van der Waals surface area contributed by atoms with E-state index in [1.807, 2.05) is 0 Å². The first kappa shape index (κ1) is 10.6. The van der Waals surface area contributed by atoms with Crippen LogP contribution in [0.3, 0.4) is 0 Å². The summed E-state index contributed by atoms with van der Waals surface area (Å²) in [5.74, 6) is -0.196. The molecule has 2 nitrogen and oxygen atoms in total. The van der Waals surface area contributed by atoms with Crippen molar-refractivity contribution in [2.45, 2.75) is 6.54 Å². The molecule has 0 saturated carbocycles. The molecule has 2 rings (SSSR count). The maximum Gasteiger partial charge on any atom is 0.123 e. The fraction of sp³-hybridized carbons (Fsp3) is 0.0769. The minimum Gasteiger partial charge on any atom is -0.507 e. The summed E-state index contributed by atoms with van der Waals surface area (Å²) < 4.78 is 13.1. The van der Waals surface area contributed by atoms with E-state index in [0.29, 0.717) is 17.7 Å². The van der Waals surface area contributed by atoms with Gasteiger partial charge in [-0.2, -0.15) is 0 Å². The average molecular weight is 217 g/mol. The van der Waals surface area contributed by atoms with E-state index in [1.54, 1.807) is 30.3 Å². The van der Waals surface area contributed by atoms with Crippen molar-refractivity contribution >= 4 is 0 Å². The van der Waals surface area contributed by atoms with Gasteiger partial charge in [-0.1, -0.05) is 18.2 Å². The molecule has 0 unspecified atom stereocenters. The lowest BCUT2D eigenvalue weighted by Gasteiger charge is -2.07. The third-order valence-corrected chi connectivity index (χ3v) is 2.43. The summed E-state index contributed by atoms with van der Waals surface area (Å²) in [6, 6.07) is 11.2. The van der Waals surface area contributed by atoms with E-state index in [-0.39, 0.29) is 11.6 Å². The zero-order valence-electron chi connectivity index (χ0n) is 8.65. The van der Waals surface area contributed by atoms with Crippen molar-refractivity contribution in [1.82, 2.24) is 0 Å². The highest BCUT2D eigenvalue weighted by Gasteiger charge is 2.05.